The zero-order valence-corrected chi connectivity index (χ0v) is 13.5. The molecule has 2 amide bonds. The van der Waals surface area contributed by atoms with Crippen LogP contribution in [0.15, 0.2) is 12.1 Å². The Labute approximate surface area is 141 Å². The number of fused-ring (bicyclic) bond motifs is 4. The molecule has 1 aromatic carbocycles. The normalized spacial score (nSPS) is 28.2. The van der Waals surface area contributed by atoms with Gasteiger partial charge in [-0.3, -0.25) is 4.90 Å². The molecule has 2 saturated heterocycles. The molecule has 1 aromatic heterocycles. The third kappa shape index (κ3) is 1.92. The number of ether oxygens (including phenoxy) is 2. The lowest BCUT2D eigenvalue weighted by Gasteiger charge is -2.30. The summed E-state index contributed by atoms with van der Waals surface area (Å²) in [5.41, 5.74) is 2.04. The number of amides is 2. The van der Waals surface area contributed by atoms with Crippen LogP contribution >= 0.6 is 11.3 Å². The summed E-state index contributed by atoms with van der Waals surface area (Å²) >= 11 is 1.50. The highest BCUT2D eigenvalue weighted by Gasteiger charge is 2.46. The Morgan fingerprint density at radius 1 is 1.46 bits per heavy atom. The monoisotopic (exact) mass is 342 g/mol. The number of nitrogens with zero attached hydrogens (tertiary/aromatic N) is 3. The number of hydrogen-bond acceptors (Lipinski definition) is 6. The average molecular weight is 342 g/mol. The van der Waals surface area contributed by atoms with Gasteiger partial charge in [0.15, 0.2) is 5.13 Å². The average Bonchev–Trinajstić information content (AvgIpc) is 3.28. The van der Waals surface area contributed by atoms with Gasteiger partial charge in [0, 0.05) is 18.4 Å². The molecule has 122 valence electrons. The molecule has 4 heterocycles. The third-order valence-electron chi connectivity index (χ3n) is 4.83. The minimum atomic E-state index is -0.478. The lowest BCUT2D eigenvalue weighted by Crippen LogP contribution is -2.47. The topological polar surface area (TPSA) is 87.5 Å². The summed E-state index contributed by atoms with van der Waals surface area (Å²) < 4.78 is 12.1. The van der Waals surface area contributed by atoms with Crippen molar-refractivity contribution in [3.63, 3.8) is 0 Å². The number of rotatable bonds is 1. The van der Waals surface area contributed by atoms with Gasteiger partial charge in [0.25, 0.3) is 0 Å². The number of nitriles is 1. The molecule has 0 saturated carbocycles. The Balaban J connectivity index is 1.56. The molecule has 5 rings (SSSR count). The lowest BCUT2D eigenvalue weighted by atomic mass is 10.00. The van der Waals surface area contributed by atoms with E-state index in [-0.39, 0.29) is 18.1 Å². The highest BCUT2D eigenvalue weighted by molar-refractivity contribution is 7.22. The van der Waals surface area contributed by atoms with Crippen molar-refractivity contribution in [1.82, 2.24) is 10.3 Å². The molecule has 0 bridgehead atoms. The predicted octanol–water partition coefficient (Wildman–Crippen LogP) is 1.81. The second-order valence-electron chi connectivity index (χ2n) is 6.16. The molecule has 3 aliphatic heterocycles. The number of urea groups is 1. The van der Waals surface area contributed by atoms with Crippen molar-refractivity contribution >= 4 is 32.7 Å². The number of anilines is 1. The molecule has 0 unspecified atom stereocenters. The molecule has 1 N–H and O–H groups in total. The first kappa shape index (κ1) is 14.0. The molecule has 0 aliphatic carbocycles. The minimum Gasteiger partial charge on any atom is -0.493 e. The van der Waals surface area contributed by atoms with Crippen LogP contribution in [-0.4, -0.2) is 42.4 Å². The summed E-state index contributed by atoms with van der Waals surface area (Å²) in [5, 5.41) is 12.7. The van der Waals surface area contributed by atoms with Crippen molar-refractivity contribution in [3.8, 4) is 11.8 Å². The van der Waals surface area contributed by atoms with E-state index in [1.54, 1.807) is 4.90 Å². The molecule has 2 fully saturated rings. The van der Waals surface area contributed by atoms with Crippen molar-refractivity contribution in [2.75, 3.05) is 18.1 Å². The molecule has 3 atom stereocenters. The summed E-state index contributed by atoms with van der Waals surface area (Å²) in [6.07, 6.45) is 0.864. The third-order valence-corrected chi connectivity index (χ3v) is 5.85. The van der Waals surface area contributed by atoms with Crippen molar-refractivity contribution in [1.29, 1.82) is 5.26 Å². The van der Waals surface area contributed by atoms with Crippen molar-refractivity contribution in [3.05, 3.63) is 17.7 Å². The number of benzene rings is 1. The Kier molecular flexibility index (Phi) is 2.96. The van der Waals surface area contributed by atoms with Crippen LogP contribution in [0.3, 0.4) is 0 Å². The molecule has 7 nitrogen and oxygen atoms in total. The van der Waals surface area contributed by atoms with Gasteiger partial charge in [0.1, 0.15) is 11.9 Å². The molecule has 0 spiro atoms. The Morgan fingerprint density at radius 3 is 3.25 bits per heavy atom. The van der Waals surface area contributed by atoms with Gasteiger partial charge < -0.3 is 14.8 Å². The van der Waals surface area contributed by atoms with Gasteiger partial charge in [-0.1, -0.05) is 11.3 Å². The second kappa shape index (κ2) is 5.06. The maximum absolute atomic E-state index is 12.5. The highest BCUT2D eigenvalue weighted by Crippen LogP contribution is 2.39. The molecular weight excluding hydrogens is 328 g/mol. The largest absolute Gasteiger partial charge is 0.493 e. The summed E-state index contributed by atoms with van der Waals surface area (Å²) in [4.78, 5) is 18.9. The zero-order valence-electron chi connectivity index (χ0n) is 12.7. The highest BCUT2D eigenvalue weighted by atomic mass is 32.1. The van der Waals surface area contributed by atoms with Crippen LogP contribution in [0, 0.1) is 11.3 Å². The van der Waals surface area contributed by atoms with E-state index in [1.807, 2.05) is 12.1 Å². The van der Waals surface area contributed by atoms with Crippen LogP contribution in [0.25, 0.3) is 10.2 Å². The SMILES string of the molecule is N#C[C@H]1C[C@@H]2[C@H](CO1)NC(=O)N2c1nc2c3c(ccc2s1)OCC3. The Bertz CT molecular complexity index is 889. The van der Waals surface area contributed by atoms with Crippen LogP contribution in [0.1, 0.15) is 12.0 Å². The second-order valence-corrected chi connectivity index (χ2v) is 7.17. The van der Waals surface area contributed by atoms with Gasteiger partial charge in [0.2, 0.25) is 0 Å². The van der Waals surface area contributed by atoms with Crippen LogP contribution in [-0.2, 0) is 11.2 Å². The van der Waals surface area contributed by atoms with Gasteiger partial charge in [-0.15, -0.1) is 0 Å². The van der Waals surface area contributed by atoms with E-state index in [2.05, 4.69) is 11.4 Å². The molecular formula is C16H14N4O3S. The maximum Gasteiger partial charge on any atom is 0.324 e. The van der Waals surface area contributed by atoms with Crippen LogP contribution < -0.4 is 15.0 Å². The van der Waals surface area contributed by atoms with Crippen LogP contribution in [0.5, 0.6) is 5.75 Å². The first-order valence-corrected chi connectivity index (χ1v) is 8.72. The molecule has 2 aromatic rings. The van der Waals surface area contributed by atoms with E-state index in [4.69, 9.17) is 19.7 Å². The lowest BCUT2D eigenvalue weighted by molar-refractivity contribution is 0.0299. The fourth-order valence-corrected chi connectivity index (χ4v) is 4.72. The predicted molar refractivity (Wildman–Crippen MR) is 87.4 cm³/mol. The minimum absolute atomic E-state index is 0.0943. The Hall–Kier alpha value is -2.37. The number of carbonyl (C=O) groups excluding carboxylic acids is 1. The summed E-state index contributed by atoms with van der Waals surface area (Å²) in [6, 6.07) is 5.75. The molecule has 3 aliphatic rings. The standard InChI is InChI=1S/C16H14N4O3S/c17-6-8-5-11-10(7-23-8)18-15(21)20(11)16-19-14-9-3-4-22-12(9)1-2-13(14)24-16/h1-2,8,10-11H,3-5,7H2,(H,18,21)/t8-,10+,11-/m1/s1. The number of thiazole rings is 1. The molecule has 8 heteroatoms. The fraction of sp³-hybridized carbons (Fsp3) is 0.438. The van der Waals surface area contributed by atoms with E-state index >= 15 is 0 Å². The van der Waals surface area contributed by atoms with Crippen LogP contribution in [0.2, 0.25) is 0 Å². The summed E-state index contributed by atoms with van der Waals surface area (Å²) in [5.74, 6) is 0.888. The van der Waals surface area contributed by atoms with E-state index in [9.17, 15) is 4.79 Å². The summed E-state index contributed by atoms with van der Waals surface area (Å²) in [6.45, 7) is 1.04. The van der Waals surface area contributed by atoms with Crippen molar-refractivity contribution < 1.29 is 14.3 Å². The maximum atomic E-state index is 12.5. The summed E-state index contributed by atoms with van der Waals surface area (Å²) in [7, 11) is 0. The molecule has 24 heavy (non-hydrogen) atoms. The van der Waals surface area contributed by atoms with Gasteiger partial charge in [-0.25, -0.2) is 9.78 Å². The van der Waals surface area contributed by atoms with Gasteiger partial charge in [-0.05, 0) is 12.1 Å². The fourth-order valence-electron chi connectivity index (χ4n) is 3.66. The number of nitrogens with one attached hydrogen (secondary N) is 1. The van der Waals surface area contributed by atoms with Gasteiger partial charge in [-0.2, -0.15) is 5.26 Å². The van der Waals surface area contributed by atoms with E-state index in [0.29, 0.717) is 24.8 Å². The quantitative estimate of drug-likeness (QED) is 0.854. The van der Waals surface area contributed by atoms with Crippen molar-refractivity contribution in [2.24, 2.45) is 0 Å². The van der Waals surface area contributed by atoms with Gasteiger partial charge in [0.05, 0.1) is 41.6 Å². The van der Waals surface area contributed by atoms with Gasteiger partial charge >= 0.3 is 6.03 Å². The first-order chi connectivity index (χ1) is 11.7. The van der Waals surface area contributed by atoms with Crippen LogP contribution in [0.4, 0.5) is 9.93 Å². The van der Waals surface area contributed by atoms with E-state index in [1.165, 1.54) is 11.3 Å². The number of hydrogen-bond donors (Lipinski definition) is 1. The number of aromatic nitrogens is 1. The number of carbonyl (C=O) groups is 1. The zero-order chi connectivity index (χ0) is 16.3. The van der Waals surface area contributed by atoms with E-state index < -0.39 is 6.10 Å². The van der Waals surface area contributed by atoms with Crippen molar-refractivity contribution in [2.45, 2.75) is 31.0 Å². The smallest absolute Gasteiger partial charge is 0.324 e. The first-order valence-electron chi connectivity index (χ1n) is 7.91. The Morgan fingerprint density at radius 2 is 2.38 bits per heavy atom. The van der Waals surface area contributed by atoms with E-state index in [0.717, 1.165) is 28.0 Å². The molecule has 0 radical (unpaired) electrons.